The Bertz CT molecular complexity index is 1950. The van der Waals surface area contributed by atoms with Crippen molar-refractivity contribution in [1.82, 2.24) is 9.80 Å². The predicted octanol–water partition coefficient (Wildman–Crippen LogP) is 9.38. The van der Waals surface area contributed by atoms with Gasteiger partial charge in [0.05, 0.1) is 23.9 Å². The van der Waals surface area contributed by atoms with Crippen LogP contribution in [0.15, 0.2) is 35.4 Å². The predicted molar refractivity (Wildman–Crippen MR) is 221 cm³/mol. The van der Waals surface area contributed by atoms with Gasteiger partial charge < -0.3 is 14.7 Å². The van der Waals surface area contributed by atoms with Crippen LogP contribution in [0.2, 0.25) is 5.02 Å². The summed E-state index contributed by atoms with van der Waals surface area (Å²) in [6.07, 6.45) is 7.17. The standard InChI is InChI=1S/C48H67ClN2O6/c1-28(2)38-31(52)22-47-34(48(47)27-51(36(53)26-50(48)11)25-29-12-14-30(49)15-13-29)23-46(10)44(8)20-16-32-42(5,6)35(57-37(54)24-41(3,4)40(55)56)18-19-43(32,7)33(44)17-21-45(46,9)39(38)47/h12-15,28,32-35H,16-27H2,1-11H3,(H,55,56)/t32-,33+,34?,35-,43-,44+,45+,46-,47-,48-/m0/s1. The topological polar surface area (TPSA) is 104 Å². The van der Waals surface area contributed by atoms with Crippen molar-refractivity contribution < 1.29 is 29.0 Å². The normalized spacial score (nSPS) is 42.3. The van der Waals surface area contributed by atoms with Gasteiger partial charge in [-0.25, -0.2) is 0 Å². The van der Waals surface area contributed by atoms with Crippen LogP contribution in [-0.2, 0) is 30.5 Å². The van der Waals surface area contributed by atoms with Crippen molar-refractivity contribution in [3.05, 3.63) is 46.0 Å². The van der Waals surface area contributed by atoms with E-state index >= 15 is 0 Å². The van der Waals surface area contributed by atoms with E-state index in [-0.39, 0.29) is 68.3 Å². The number of ketones is 1. The van der Waals surface area contributed by atoms with Gasteiger partial charge in [-0.05, 0) is 140 Å². The zero-order valence-corrected chi connectivity index (χ0v) is 37.2. The maximum absolute atomic E-state index is 14.6. The second-order valence-corrected chi connectivity index (χ2v) is 22.8. The molecule has 1 aliphatic heterocycles. The molecule has 312 valence electrons. The Morgan fingerprint density at radius 2 is 1.60 bits per heavy atom. The Hall–Kier alpha value is -2.71. The van der Waals surface area contributed by atoms with Gasteiger partial charge in [-0.15, -0.1) is 0 Å². The minimum atomic E-state index is -1.18. The lowest BCUT2D eigenvalue weighted by Crippen LogP contribution is -2.67. The number of nitrogens with zero attached hydrogens (tertiary/aromatic N) is 2. The van der Waals surface area contributed by atoms with Gasteiger partial charge in [-0.3, -0.25) is 24.1 Å². The summed E-state index contributed by atoms with van der Waals surface area (Å²) in [6.45, 7) is 24.0. The van der Waals surface area contributed by atoms with Crippen LogP contribution < -0.4 is 0 Å². The van der Waals surface area contributed by atoms with Gasteiger partial charge in [0.1, 0.15) is 6.10 Å². The van der Waals surface area contributed by atoms with Crippen LogP contribution in [0.3, 0.4) is 0 Å². The van der Waals surface area contributed by atoms with Crippen LogP contribution in [0.4, 0.5) is 0 Å². The highest BCUT2D eigenvalue weighted by molar-refractivity contribution is 6.30. The minimum absolute atomic E-state index is 0.000919. The molecule has 8 nitrogen and oxygen atoms in total. The van der Waals surface area contributed by atoms with Crippen LogP contribution in [-0.4, -0.2) is 70.3 Å². The summed E-state index contributed by atoms with van der Waals surface area (Å²) in [5, 5.41) is 10.4. The summed E-state index contributed by atoms with van der Waals surface area (Å²) in [7, 11) is 2.15. The quantitative estimate of drug-likeness (QED) is 0.274. The number of hydrogen-bond acceptors (Lipinski definition) is 6. The van der Waals surface area contributed by atoms with Crippen molar-refractivity contribution in [2.75, 3.05) is 20.1 Å². The summed E-state index contributed by atoms with van der Waals surface area (Å²) in [4.78, 5) is 58.0. The number of rotatable bonds is 7. The molecule has 0 aromatic heterocycles. The molecule has 5 saturated carbocycles. The van der Waals surface area contributed by atoms with Crippen molar-refractivity contribution in [3.63, 3.8) is 0 Å². The first-order valence-corrected chi connectivity index (χ1v) is 22.2. The first kappa shape index (κ1) is 41.0. The molecule has 1 saturated heterocycles. The molecule has 2 spiro atoms. The van der Waals surface area contributed by atoms with Gasteiger partial charge >= 0.3 is 11.9 Å². The maximum atomic E-state index is 14.6. The number of hydrogen-bond donors (Lipinski definition) is 1. The molecule has 1 unspecified atom stereocenters. The van der Waals surface area contributed by atoms with E-state index in [2.05, 4.69) is 72.2 Å². The molecule has 0 radical (unpaired) electrons. The summed E-state index contributed by atoms with van der Waals surface area (Å²) in [6, 6.07) is 7.84. The molecule has 1 aromatic rings. The number of carbonyl (C=O) groups is 4. The summed E-state index contributed by atoms with van der Waals surface area (Å²) in [5.41, 5.74) is 1.36. The number of Topliss-reactive ketones (excluding diaryl/α,β-unsaturated/α-hetero) is 1. The Morgan fingerprint density at radius 1 is 0.947 bits per heavy atom. The van der Waals surface area contributed by atoms with E-state index in [1.165, 1.54) is 5.57 Å². The molecule has 1 amide bonds. The molecule has 0 bridgehead atoms. The molecule has 1 aromatic carbocycles. The summed E-state index contributed by atoms with van der Waals surface area (Å²) < 4.78 is 6.23. The number of carboxylic acids is 1. The van der Waals surface area contributed by atoms with Crippen molar-refractivity contribution in [2.45, 2.75) is 145 Å². The zero-order chi connectivity index (χ0) is 41.7. The number of allylic oxidation sites excluding steroid dienone is 1. The highest BCUT2D eigenvalue weighted by atomic mass is 35.5. The number of ether oxygens (including phenoxy) is 1. The first-order chi connectivity index (χ1) is 26.4. The lowest BCUT2D eigenvalue weighted by Gasteiger charge is -2.74. The van der Waals surface area contributed by atoms with Crippen molar-refractivity contribution in [1.29, 1.82) is 0 Å². The molecule has 6 fully saturated rings. The zero-order valence-electron chi connectivity index (χ0n) is 36.4. The van der Waals surface area contributed by atoms with E-state index in [0.717, 1.165) is 56.1 Å². The molecule has 57 heavy (non-hydrogen) atoms. The van der Waals surface area contributed by atoms with Gasteiger partial charge in [-0.2, -0.15) is 0 Å². The Morgan fingerprint density at radius 3 is 2.23 bits per heavy atom. The highest BCUT2D eigenvalue weighted by Crippen LogP contribution is 2.89. The third-order valence-electron chi connectivity index (χ3n) is 19.0. The molecule has 1 N–H and O–H groups in total. The largest absolute Gasteiger partial charge is 0.481 e. The number of carboxylic acid groups (broad SMARTS) is 1. The number of benzene rings is 1. The number of fused-ring (bicyclic) bond motifs is 7. The lowest BCUT2D eigenvalue weighted by atomic mass is 9.30. The van der Waals surface area contributed by atoms with Crippen LogP contribution in [0, 0.1) is 61.6 Å². The van der Waals surface area contributed by atoms with Gasteiger partial charge in [-0.1, -0.05) is 79.1 Å². The first-order valence-electron chi connectivity index (χ1n) is 21.8. The minimum Gasteiger partial charge on any atom is -0.481 e. The monoisotopic (exact) mass is 802 g/mol. The van der Waals surface area contributed by atoms with Crippen LogP contribution in [0.1, 0.15) is 133 Å². The van der Waals surface area contributed by atoms with Crippen molar-refractivity contribution in [3.8, 4) is 0 Å². The SMILES string of the molecule is CC(C)C1=C2[C@@]3(C)CC[C@@H]4[C@@]5(C)CC[C@H](OC(=O)CC(C)(C)C(=O)O)C(C)(C)[C@@H]5CC[C@@]4(C)[C@]3(C)CC3[C@]2(CC1=O)[C@]31CN(Cc2ccc(Cl)cc2)C(=O)CN1C. The molecule has 1 heterocycles. The molecular weight excluding hydrogens is 736 g/mol. The fourth-order valence-corrected chi connectivity index (χ4v) is 16.1. The third kappa shape index (κ3) is 5.19. The molecule has 6 aliphatic carbocycles. The third-order valence-corrected chi connectivity index (χ3v) is 19.3. The van der Waals surface area contributed by atoms with Gasteiger partial charge in [0, 0.05) is 35.4 Å². The smallest absolute Gasteiger partial charge is 0.309 e. The molecule has 10 atom stereocenters. The summed E-state index contributed by atoms with van der Waals surface area (Å²) >= 11 is 6.25. The van der Waals surface area contributed by atoms with Gasteiger partial charge in [0.2, 0.25) is 5.91 Å². The molecule has 8 rings (SSSR count). The van der Waals surface area contributed by atoms with E-state index in [4.69, 9.17) is 16.3 Å². The lowest BCUT2D eigenvalue weighted by molar-refractivity contribution is -0.247. The Kier molecular flexibility index (Phi) is 9.11. The average molecular weight is 804 g/mol. The number of piperazine rings is 1. The van der Waals surface area contributed by atoms with E-state index in [1.54, 1.807) is 13.8 Å². The molecule has 9 heteroatoms. The van der Waals surface area contributed by atoms with E-state index in [0.29, 0.717) is 48.7 Å². The van der Waals surface area contributed by atoms with E-state index in [9.17, 15) is 24.3 Å². The van der Waals surface area contributed by atoms with Gasteiger partial charge in [0.15, 0.2) is 5.78 Å². The highest BCUT2D eigenvalue weighted by Gasteiger charge is 2.89. The van der Waals surface area contributed by atoms with E-state index in [1.807, 2.05) is 24.3 Å². The Labute approximate surface area is 345 Å². The second kappa shape index (κ2) is 12.7. The molecular formula is C48H67ClN2O6. The molecule has 7 aliphatic rings. The second-order valence-electron chi connectivity index (χ2n) is 22.4. The maximum Gasteiger partial charge on any atom is 0.309 e. The number of likely N-dealkylation sites (N-methyl/N-ethyl adjacent to an activating group) is 1. The number of esters is 1. The number of amides is 1. The van der Waals surface area contributed by atoms with Crippen molar-refractivity contribution >= 4 is 35.2 Å². The van der Waals surface area contributed by atoms with E-state index < -0.39 is 17.4 Å². The van der Waals surface area contributed by atoms with Crippen LogP contribution in [0.5, 0.6) is 0 Å². The van der Waals surface area contributed by atoms with Gasteiger partial charge in [0.25, 0.3) is 0 Å². The number of aliphatic carboxylic acids is 1. The Balaban J connectivity index is 1.16. The van der Waals surface area contributed by atoms with Crippen LogP contribution >= 0.6 is 11.6 Å². The number of halogens is 1. The fourth-order valence-electron chi connectivity index (χ4n) is 15.9. The summed E-state index contributed by atoms with van der Waals surface area (Å²) in [5.74, 6) is 0.254. The average Bonchev–Trinajstić information content (AvgIpc) is 3.45. The fraction of sp³-hybridized carbons (Fsp3) is 0.750. The van der Waals surface area contributed by atoms with Crippen molar-refractivity contribution in [2.24, 2.45) is 61.6 Å². The van der Waals surface area contributed by atoms with Crippen LogP contribution in [0.25, 0.3) is 0 Å². The number of carbonyl (C=O) groups excluding carboxylic acids is 3.